The van der Waals surface area contributed by atoms with Crippen LogP contribution in [0.1, 0.15) is 57.9 Å². The van der Waals surface area contributed by atoms with E-state index in [2.05, 4.69) is 37.6 Å². The number of piperidine rings is 1. The highest BCUT2D eigenvalue weighted by molar-refractivity contribution is 7.92. The molecule has 5 aliphatic rings. The Morgan fingerprint density at radius 3 is 2.23 bits per heavy atom. The highest BCUT2D eigenvalue weighted by Gasteiger charge is 2.53. The Kier molecular flexibility index (Phi) is 12.4. The molecular formula is C43H61FN6O5S. The second-order valence-corrected chi connectivity index (χ2v) is 19.3. The molecule has 1 saturated carbocycles. The molecule has 13 heteroatoms. The summed E-state index contributed by atoms with van der Waals surface area (Å²) >= 11 is 0. The predicted octanol–water partition coefficient (Wildman–Crippen LogP) is 4.94. The van der Waals surface area contributed by atoms with E-state index in [1.54, 1.807) is 23.1 Å². The van der Waals surface area contributed by atoms with Gasteiger partial charge in [0, 0.05) is 74.4 Å². The minimum Gasteiger partial charge on any atom is -0.465 e. The van der Waals surface area contributed by atoms with Crippen molar-refractivity contribution in [2.45, 2.75) is 74.0 Å². The van der Waals surface area contributed by atoms with Gasteiger partial charge in [-0.25, -0.2) is 17.6 Å². The minimum atomic E-state index is -3.55. The molecule has 0 aromatic heterocycles. The molecule has 1 aliphatic carbocycles. The van der Waals surface area contributed by atoms with Crippen LogP contribution in [0.5, 0.6) is 0 Å². The van der Waals surface area contributed by atoms with E-state index in [0.29, 0.717) is 28.8 Å². The normalized spacial score (nSPS) is 24.0. The number of rotatable bonds is 16. The largest absolute Gasteiger partial charge is 0.465 e. The van der Waals surface area contributed by atoms with Crippen molar-refractivity contribution in [3.8, 4) is 0 Å². The number of nitrogens with one attached hydrogen (secondary N) is 1. The molecule has 0 unspecified atom stereocenters. The van der Waals surface area contributed by atoms with Gasteiger partial charge in [0.25, 0.3) is 5.91 Å². The van der Waals surface area contributed by atoms with Gasteiger partial charge in [0.05, 0.1) is 4.90 Å². The molecule has 0 spiro atoms. The number of carboxylic acid groups (broad SMARTS) is 1. The Bertz CT molecular complexity index is 1820. The van der Waals surface area contributed by atoms with E-state index in [4.69, 9.17) is 0 Å². The van der Waals surface area contributed by atoms with Crippen LogP contribution in [0.4, 0.5) is 14.9 Å². The Labute approximate surface area is 332 Å². The second kappa shape index (κ2) is 17.1. The standard InChI is InChI=1S/C43H61FN6O5S/c1-4-46(5-2)24-31(3)41(51)50-28-38(29-50)56(54,55)37-15-13-36(14-16-37)49-26-32(27-49)25-47-21-17-33(18-22-47)43(30-48-19-8-20-48,34-9-6-10-35(44)23-34)39-11-7-12-40(39)45-42(52)53/h6,9-10,13-16,23,32-33,38-40,45H,3-5,7-8,11-12,17-22,24-30H2,1-2H3,(H,52,53)/t39-,40-,43-/m0/s1. The molecule has 56 heavy (non-hydrogen) atoms. The first-order valence-corrected chi connectivity index (χ1v) is 22.4. The van der Waals surface area contributed by atoms with Gasteiger partial charge in [0.15, 0.2) is 9.84 Å². The maximum absolute atomic E-state index is 14.9. The van der Waals surface area contributed by atoms with Crippen LogP contribution in [-0.2, 0) is 20.0 Å². The number of hydrogen-bond acceptors (Lipinski definition) is 8. The van der Waals surface area contributed by atoms with E-state index in [1.807, 2.05) is 32.0 Å². The van der Waals surface area contributed by atoms with Crippen LogP contribution in [0.3, 0.4) is 0 Å². The molecule has 11 nitrogen and oxygen atoms in total. The number of hydrogen-bond donors (Lipinski definition) is 2. The number of nitrogens with zero attached hydrogens (tertiary/aromatic N) is 5. The average Bonchev–Trinajstić information content (AvgIpc) is 3.59. The van der Waals surface area contributed by atoms with Crippen molar-refractivity contribution in [2.24, 2.45) is 17.8 Å². The van der Waals surface area contributed by atoms with Crippen molar-refractivity contribution in [3.63, 3.8) is 0 Å². The summed E-state index contributed by atoms with van der Waals surface area (Å²) in [7, 11) is -3.55. The van der Waals surface area contributed by atoms with Gasteiger partial charge >= 0.3 is 6.09 Å². The molecule has 0 radical (unpaired) electrons. The maximum atomic E-state index is 14.9. The van der Waals surface area contributed by atoms with Gasteiger partial charge < -0.3 is 30.0 Å². The maximum Gasteiger partial charge on any atom is 0.404 e. The highest BCUT2D eigenvalue weighted by atomic mass is 32.2. The van der Waals surface area contributed by atoms with Crippen molar-refractivity contribution in [2.75, 3.05) is 90.0 Å². The van der Waals surface area contributed by atoms with Crippen LogP contribution in [0, 0.1) is 23.6 Å². The van der Waals surface area contributed by atoms with Crippen molar-refractivity contribution in [3.05, 3.63) is 72.1 Å². The summed E-state index contributed by atoms with van der Waals surface area (Å²) in [4.78, 5) is 36.1. The molecule has 3 atom stereocenters. The zero-order valence-corrected chi connectivity index (χ0v) is 34.1. The topological polar surface area (TPSA) is 117 Å². The first-order valence-electron chi connectivity index (χ1n) is 20.9. The number of carbonyl (C=O) groups is 2. The lowest BCUT2D eigenvalue weighted by Gasteiger charge is -2.54. The summed E-state index contributed by atoms with van der Waals surface area (Å²) in [5.41, 5.74) is 2.21. The third kappa shape index (κ3) is 8.37. The van der Waals surface area contributed by atoms with Gasteiger partial charge in [-0.3, -0.25) is 9.69 Å². The smallest absolute Gasteiger partial charge is 0.404 e. The second-order valence-electron chi connectivity index (χ2n) is 17.1. The predicted molar refractivity (Wildman–Crippen MR) is 217 cm³/mol. The minimum absolute atomic E-state index is 0.111. The molecule has 2 aromatic rings. The molecule has 0 bridgehead atoms. The summed E-state index contributed by atoms with van der Waals surface area (Å²) in [5.74, 6) is 0.543. The van der Waals surface area contributed by atoms with E-state index in [-0.39, 0.29) is 42.2 Å². The monoisotopic (exact) mass is 792 g/mol. The van der Waals surface area contributed by atoms with Crippen LogP contribution in [0.15, 0.2) is 65.6 Å². The summed E-state index contributed by atoms with van der Waals surface area (Å²) in [6, 6.07) is 14.2. The molecule has 5 fully saturated rings. The fraction of sp³-hybridized carbons (Fsp3) is 0.628. The molecular weight excluding hydrogens is 732 g/mol. The summed E-state index contributed by atoms with van der Waals surface area (Å²) in [6.45, 7) is 18.2. The van der Waals surface area contributed by atoms with Crippen molar-refractivity contribution < 1.29 is 27.5 Å². The SMILES string of the molecule is C=C(CN(CC)CC)C(=O)N1CC(S(=O)(=O)c2ccc(N3CC(CN4CCC([C@@](CN5CCC5)(c5cccc(F)c5)[C@H]5CCC[C@@H]5NC(=O)O)CC4)C3)cc2)C1. The van der Waals surface area contributed by atoms with E-state index >= 15 is 0 Å². The van der Waals surface area contributed by atoms with E-state index in [9.17, 15) is 27.5 Å². The average molecular weight is 793 g/mol. The van der Waals surface area contributed by atoms with Crippen LogP contribution in [0.25, 0.3) is 0 Å². The summed E-state index contributed by atoms with van der Waals surface area (Å²) in [6.07, 6.45) is 4.90. The fourth-order valence-corrected chi connectivity index (χ4v) is 12.1. The number of likely N-dealkylation sites (tertiary alicyclic amines) is 3. The molecule has 4 saturated heterocycles. The van der Waals surface area contributed by atoms with Crippen molar-refractivity contribution in [1.29, 1.82) is 0 Å². The first-order chi connectivity index (χ1) is 26.9. The molecule has 2 aromatic carbocycles. The van der Waals surface area contributed by atoms with Gasteiger partial charge in [0.1, 0.15) is 11.1 Å². The molecule has 2 amide bonds. The van der Waals surface area contributed by atoms with Crippen LogP contribution in [-0.4, -0.2) is 141 Å². The fourth-order valence-electron chi connectivity index (χ4n) is 10.4. The zero-order chi connectivity index (χ0) is 39.6. The van der Waals surface area contributed by atoms with Gasteiger partial charge in [-0.1, -0.05) is 39.0 Å². The Morgan fingerprint density at radius 2 is 1.62 bits per heavy atom. The Balaban J connectivity index is 0.931. The highest BCUT2D eigenvalue weighted by Crippen LogP contribution is 2.51. The lowest BCUT2D eigenvalue weighted by atomic mass is 9.57. The number of halogens is 1. The molecule has 2 N–H and O–H groups in total. The van der Waals surface area contributed by atoms with Gasteiger partial charge in [-0.2, -0.15) is 0 Å². The lowest BCUT2D eigenvalue weighted by Crippen LogP contribution is -2.60. The Hall–Kier alpha value is -3.52. The third-order valence-electron chi connectivity index (χ3n) is 13.8. The zero-order valence-electron chi connectivity index (χ0n) is 33.3. The molecule has 4 heterocycles. The number of amides is 2. The Morgan fingerprint density at radius 1 is 0.929 bits per heavy atom. The van der Waals surface area contributed by atoms with E-state index in [0.717, 1.165) is 115 Å². The number of carbonyl (C=O) groups excluding carboxylic acids is 1. The summed E-state index contributed by atoms with van der Waals surface area (Å²) < 4.78 is 41.8. The van der Waals surface area contributed by atoms with Gasteiger partial charge in [-0.05, 0) is 125 Å². The van der Waals surface area contributed by atoms with Crippen molar-refractivity contribution in [1.82, 2.24) is 24.9 Å². The molecule has 4 aliphatic heterocycles. The quantitative estimate of drug-likeness (QED) is 0.228. The number of likely N-dealkylation sites (N-methyl/N-ethyl adjacent to an activating group) is 1. The van der Waals surface area contributed by atoms with Gasteiger partial charge in [0.2, 0.25) is 0 Å². The first kappa shape index (κ1) is 40.7. The van der Waals surface area contributed by atoms with Crippen molar-refractivity contribution >= 4 is 27.5 Å². The number of sulfone groups is 1. The third-order valence-corrected chi connectivity index (χ3v) is 15.9. The van der Waals surface area contributed by atoms with E-state index < -0.39 is 21.2 Å². The van der Waals surface area contributed by atoms with E-state index in [1.165, 1.54) is 6.07 Å². The van der Waals surface area contributed by atoms with Gasteiger partial charge in [-0.15, -0.1) is 0 Å². The molecule has 7 rings (SSSR count). The van der Waals surface area contributed by atoms with Crippen LogP contribution >= 0.6 is 0 Å². The van der Waals surface area contributed by atoms with Crippen LogP contribution < -0.4 is 10.2 Å². The summed E-state index contributed by atoms with van der Waals surface area (Å²) in [5, 5.41) is 12.0. The number of anilines is 1. The number of benzene rings is 2. The lowest BCUT2D eigenvalue weighted by molar-refractivity contribution is -0.130. The molecule has 306 valence electrons. The van der Waals surface area contributed by atoms with Crippen LogP contribution in [0.2, 0.25) is 0 Å².